The van der Waals surface area contributed by atoms with Gasteiger partial charge in [0.05, 0.1) is 23.3 Å². The van der Waals surface area contributed by atoms with E-state index in [-0.39, 0.29) is 12.2 Å². The van der Waals surface area contributed by atoms with Crippen molar-refractivity contribution in [3.63, 3.8) is 0 Å². The maximum Gasteiger partial charge on any atom is 0.258 e. The Bertz CT molecular complexity index is 723. The van der Waals surface area contributed by atoms with Crippen LogP contribution in [0.4, 0.5) is 0 Å². The van der Waals surface area contributed by atoms with E-state index in [4.69, 9.17) is 5.11 Å². The number of aliphatic hydroxyl groups excluding tert-OH is 1. The molecule has 0 aliphatic carbocycles. The highest BCUT2D eigenvalue weighted by atomic mass is 32.2. The third-order valence-electron chi connectivity index (χ3n) is 4.39. The minimum Gasteiger partial charge on any atom is -0.395 e. The topological polar surface area (TPSA) is 69.2 Å². The largest absolute Gasteiger partial charge is 0.395 e. The number of piperidine rings is 1. The molecular formula is C17H23N3O2S. The first-order chi connectivity index (χ1) is 11.2. The standard InChI is InChI=1S/C17H23N3O2S/c1-12-3-2-4-14-16(12)18-15(19-17(14)22)11-23-13-5-7-20(8-6-13)9-10-21/h2-4,13,21H,5-11H2,1H3,(H,18,19,22). The van der Waals surface area contributed by atoms with Gasteiger partial charge in [0.25, 0.3) is 5.56 Å². The van der Waals surface area contributed by atoms with Gasteiger partial charge in [0.1, 0.15) is 5.82 Å². The normalized spacial score (nSPS) is 17.0. The summed E-state index contributed by atoms with van der Waals surface area (Å²) < 4.78 is 0. The van der Waals surface area contributed by atoms with E-state index in [0.717, 1.165) is 55.1 Å². The van der Waals surface area contributed by atoms with E-state index in [1.54, 1.807) is 0 Å². The summed E-state index contributed by atoms with van der Waals surface area (Å²) in [5.41, 5.74) is 1.80. The van der Waals surface area contributed by atoms with Crippen molar-refractivity contribution < 1.29 is 5.11 Å². The summed E-state index contributed by atoms with van der Waals surface area (Å²) in [5, 5.41) is 10.2. The molecular weight excluding hydrogens is 310 g/mol. The third-order valence-corrected chi connectivity index (χ3v) is 5.78. The second-order valence-electron chi connectivity index (χ2n) is 6.06. The average molecular weight is 333 g/mol. The fourth-order valence-electron chi connectivity index (χ4n) is 3.06. The molecule has 1 aliphatic heterocycles. The van der Waals surface area contributed by atoms with Crippen LogP contribution in [-0.4, -0.2) is 51.5 Å². The van der Waals surface area contributed by atoms with Crippen LogP contribution in [0.3, 0.4) is 0 Å². The molecule has 0 atom stereocenters. The van der Waals surface area contributed by atoms with Crippen LogP contribution in [0.25, 0.3) is 10.9 Å². The SMILES string of the molecule is Cc1cccc2c(=O)[nH]c(CSC3CCN(CCO)CC3)nc12. The van der Waals surface area contributed by atoms with Gasteiger partial charge in [-0.15, -0.1) is 0 Å². The number of hydrogen-bond donors (Lipinski definition) is 2. The van der Waals surface area contributed by atoms with Gasteiger partial charge < -0.3 is 15.0 Å². The minimum atomic E-state index is -0.0490. The van der Waals surface area contributed by atoms with Gasteiger partial charge in [-0.2, -0.15) is 11.8 Å². The molecule has 2 N–H and O–H groups in total. The number of nitrogens with one attached hydrogen (secondary N) is 1. The van der Waals surface area contributed by atoms with E-state index < -0.39 is 0 Å². The van der Waals surface area contributed by atoms with Crippen LogP contribution in [0, 0.1) is 6.92 Å². The Morgan fingerprint density at radius 1 is 1.39 bits per heavy atom. The zero-order chi connectivity index (χ0) is 16.2. The Kier molecular flexibility index (Phi) is 5.35. The highest BCUT2D eigenvalue weighted by molar-refractivity contribution is 7.99. The molecule has 6 heteroatoms. The molecule has 1 fully saturated rings. The molecule has 1 saturated heterocycles. The van der Waals surface area contributed by atoms with Crippen molar-refractivity contribution in [3.8, 4) is 0 Å². The number of aromatic nitrogens is 2. The number of likely N-dealkylation sites (tertiary alicyclic amines) is 1. The molecule has 3 rings (SSSR count). The molecule has 0 spiro atoms. The summed E-state index contributed by atoms with van der Waals surface area (Å²) in [6, 6.07) is 5.70. The molecule has 2 aromatic rings. The number of aliphatic hydroxyl groups is 1. The molecule has 1 aliphatic rings. The summed E-state index contributed by atoms with van der Waals surface area (Å²) in [7, 11) is 0. The van der Waals surface area contributed by atoms with Gasteiger partial charge in [0.2, 0.25) is 0 Å². The number of aromatic amines is 1. The Balaban J connectivity index is 1.64. The zero-order valence-corrected chi connectivity index (χ0v) is 14.2. The first kappa shape index (κ1) is 16.5. The maximum absolute atomic E-state index is 12.2. The minimum absolute atomic E-state index is 0.0490. The van der Waals surface area contributed by atoms with Gasteiger partial charge in [-0.25, -0.2) is 4.98 Å². The number of aryl methyl sites for hydroxylation is 1. The number of rotatable bonds is 5. The van der Waals surface area contributed by atoms with Crippen LogP contribution in [0.1, 0.15) is 24.2 Å². The van der Waals surface area contributed by atoms with Gasteiger partial charge in [-0.1, -0.05) is 12.1 Å². The van der Waals surface area contributed by atoms with Crippen molar-refractivity contribution >= 4 is 22.7 Å². The number of β-amino-alcohol motifs (C(OH)–C–C–N with tert-alkyl or cyclic N) is 1. The lowest BCUT2D eigenvalue weighted by molar-refractivity contribution is 0.175. The van der Waals surface area contributed by atoms with Crippen LogP contribution in [-0.2, 0) is 5.75 Å². The summed E-state index contributed by atoms with van der Waals surface area (Å²) in [6.07, 6.45) is 2.25. The van der Waals surface area contributed by atoms with Crippen molar-refractivity contribution in [2.24, 2.45) is 0 Å². The quantitative estimate of drug-likeness (QED) is 0.875. The molecule has 0 unspecified atom stereocenters. The molecule has 0 amide bonds. The second-order valence-corrected chi connectivity index (χ2v) is 7.35. The van der Waals surface area contributed by atoms with E-state index in [1.165, 1.54) is 0 Å². The monoisotopic (exact) mass is 333 g/mol. The Labute approximate surface area is 140 Å². The molecule has 0 radical (unpaired) electrons. The average Bonchev–Trinajstić information content (AvgIpc) is 2.56. The molecule has 1 aromatic heterocycles. The molecule has 0 bridgehead atoms. The molecule has 124 valence electrons. The first-order valence-electron chi connectivity index (χ1n) is 8.10. The summed E-state index contributed by atoms with van der Waals surface area (Å²) >= 11 is 1.87. The lowest BCUT2D eigenvalue weighted by Gasteiger charge is -2.30. The Morgan fingerprint density at radius 3 is 2.91 bits per heavy atom. The summed E-state index contributed by atoms with van der Waals surface area (Å²) in [4.78, 5) is 22.0. The fraction of sp³-hybridized carbons (Fsp3) is 0.529. The summed E-state index contributed by atoms with van der Waals surface area (Å²) in [5.74, 6) is 1.50. The Morgan fingerprint density at radius 2 is 2.17 bits per heavy atom. The third kappa shape index (κ3) is 3.94. The molecule has 0 saturated carbocycles. The summed E-state index contributed by atoms with van der Waals surface area (Å²) in [6.45, 7) is 5.08. The number of thioether (sulfide) groups is 1. The second kappa shape index (κ2) is 7.47. The Hall–Kier alpha value is -1.37. The van der Waals surface area contributed by atoms with E-state index >= 15 is 0 Å². The van der Waals surface area contributed by atoms with Crippen molar-refractivity contribution in [1.29, 1.82) is 0 Å². The highest BCUT2D eigenvalue weighted by Crippen LogP contribution is 2.25. The molecule has 2 heterocycles. The van der Waals surface area contributed by atoms with Crippen molar-refractivity contribution in [3.05, 3.63) is 39.9 Å². The maximum atomic E-state index is 12.2. The molecule has 23 heavy (non-hydrogen) atoms. The predicted octanol–water partition coefficient (Wildman–Crippen LogP) is 1.92. The number of benzene rings is 1. The number of H-pyrrole nitrogens is 1. The number of hydrogen-bond acceptors (Lipinski definition) is 5. The lowest BCUT2D eigenvalue weighted by atomic mass is 10.1. The zero-order valence-electron chi connectivity index (χ0n) is 13.4. The number of para-hydroxylation sites is 1. The van der Waals surface area contributed by atoms with Crippen LogP contribution in [0.2, 0.25) is 0 Å². The van der Waals surface area contributed by atoms with E-state index in [1.807, 2.05) is 36.9 Å². The van der Waals surface area contributed by atoms with E-state index in [2.05, 4.69) is 14.9 Å². The van der Waals surface area contributed by atoms with Crippen molar-refractivity contribution in [1.82, 2.24) is 14.9 Å². The van der Waals surface area contributed by atoms with Crippen molar-refractivity contribution in [2.75, 3.05) is 26.2 Å². The number of fused-ring (bicyclic) bond motifs is 1. The van der Waals surface area contributed by atoms with Crippen LogP contribution in [0.15, 0.2) is 23.0 Å². The van der Waals surface area contributed by atoms with E-state index in [9.17, 15) is 4.79 Å². The van der Waals surface area contributed by atoms with E-state index in [0.29, 0.717) is 10.6 Å². The first-order valence-corrected chi connectivity index (χ1v) is 9.15. The van der Waals surface area contributed by atoms with Crippen LogP contribution >= 0.6 is 11.8 Å². The number of nitrogens with zero attached hydrogens (tertiary/aromatic N) is 2. The predicted molar refractivity (Wildman–Crippen MR) is 94.9 cm³/mol. The van der Waals surface area contributed by atoms with Gasteiger partial charge in [0, 0.05) is 11.8 Å². The van der Waals surface area contributed by atoms with Crippen LogP contribution in [0.5, 0.6) is 0 Å². The van der Waals surface area contributed by atoms with Gasteiger partial charge in [-0.05, 0) is 44.5 Å². The van der Waals surface area contributed by atoms with Crippen LogP contribution < -0.4 is 5.56 Å². The molecule has 5 nitrogen and oxygen atoms in total. The fourth-order valence-corrected chi connectivity index (χ4v) is 4.13. The smallest absolute Gasteiger partial charge is 0.258 e. The lowest BCUT2D eigenvalue weighted by Crippen LogP contribution is -2.36. The van der Waals surface area contributed by atoms with Gasteiger partial charge in [0.15, 0.2) is 0 Å². The molecule has 1 aromatic carbocycles. The van der Waals surface area contributed by atoms with Gasteiger partial charge >= 0.3 is 0 Å². The van der Waals surface area contributed by atoms with Gasteiger partial charge in [-0.3, -0.25) is 4.79 Å². The van der Waals surface area contributed by atoms with Crippen molar-refractivity contribution in [2.45, 2.75) is 30.8 Å². The highest BCUT2D eigenvalue weighted by Gasteiger charge is 2.19.